The number of hydrogen-bond donors (Lipinski definition) is 1. The number of nitriles is 1. The van der Waals surface area contributed by atoms with Crippen LogP contribution in [0.5, 0.6) is 0 Å². The summed E-state index contributed by atoms with van der Waals surface area (Å²) in [7, 11) is 0. The van der Waals surface area contributed by atoms with E-state index in [1.54, 1.807) is 16.0 Å². The second-order valence-corrected chi connectivity index (χ2v) is 8.82. The molecule has 1 aliphatic carbocycles. The molecular formula is C22H16N4OS2. The van der Waals surface area contributed by atoms with Crippen molar-refractivity contribution >= 4 is 33.6 Å². The molecule has 29 heavy (non-hydrogen) atoms. The van der Waals surface area contributed by atoms with E-state index in [4.69, 9.17) is 0 Å². The van der Waals surface area contributed by atoms with Crippen LogP contribution in [0.1, 0.15) is 32.9 Å². The van der Waals surface area contributed by atoms with Gasteiger partial charge in [0.15, 0.2) is 0 Å². The van der Waals surface area contributed by atoms with Crippen molar-refractivity contribution in [1.82, 2.24) is 9.78 Å². The predicted molar refractivity (Wildman–Crippen MR) is 116 cm³/mol. The third-order valence-electron chi connectivity index (χ3n) is 4.98. The Kier molecular flexibility index (Phi) is 4.51. The molecule has 0 spiro atoms. The van der Waals surface area contributed by atoms with E-state index in [1.807, 2.05) is 53.9 Å². The molecule has 7 heteroatoms. The molecule has 1 aliphatic rings. The van der Waals surface area contributed by atoms with Crippen molar-refractivity contribution in [2.75, 3.05) is 5.32 Å². The van der Waals surface area contributed by atoms with Gasteiger partial charge in [-0.2, -0.15) is 10.4 Å². The van der Waals surface area contributed by atoms with Gasteiger partial charge in [-0.25, -0.2) is 4.68 Å². The number of rotatable bonds is 4. The number of anilines is 1. The number of nitrogens with one attached hydrogen (secondary N) is 1. The van der Waals surface area contributed by atoms with Crippen LogP contribution in [0.2, 0.25) is 0 Å². The van der Waals surface area contributed by atoms with E-state index in [-0.39, 0.29) is 5.91 Å². The standard InChI is InChI=1S/C22H16N4OS2/c23-13-16-15-8-4-9-19(15)29-22(16)24-21(27)18-12-17(20-10-5-11-28-20)25-26(18)14-6-2-1-3-7-14/h1-3,5-7,10-12H,4,8-9H2,(H,24,27). The third-order valence-corrected chi connectivity index (χ3v) is 7.08. The Bertz CT molecular complexity index is 1230. The van der Waals surface area contributed by atoms with E-state index in [0.29, 0.717) is 16.3 Å². The van der Waals surface area contributed by atoms with Crippen LogP contribution >= 0.6 is 22.7 Å². The molecule has 5 rings (SSSR count). The Labute approximate surface area is 175 Å². The minimum absolute atomic E-state index is 0.263. The molecule has 4 aromatic rings. The summed E-state index contributed by atoms with van der Waals surface area (Å²) in [5.41, 5.74) is 3.72. The molecule has 1 N–H and O–H groups in total. The fourth-order valence-electron chi connectivity index (χ4n) is 3.63. The number of nitrogens with zero attached hydrogens (tertiary/aromatic N) is 3. The average Bonchev–Trinajstić information content (AvgIpc) is 3.51. The molecule has 0 atom stereocenters. The molecular weight excluding hydrogens is 400 g/mol. The first-order valence-corrected chi connectivity index (χ1v) is 11.0. The second-order valence-electron chi connectivity index (χ2n) is 6.77. The molecule has 1 amide bonds. The van der Waals surface area contributed by atoms with Crippen LogP contribution in [0.15, 0.2) is 53.9 Å². The van der Waals surface area contributed by atoms with Gasteiger partial charge in [0, 0.05) is 4.88 Å². The fraction of sp³-hybridized carbons (Fsp3) is 0.136. The number of aryl methyl sites for hydroxylation is 1. The van der Waals surface area contributed by atoms with E-state index in [2.05, 4.69) is 16.5 Å². The predicted octanol–water partition coefficient (Wildman–Crippen LogP) is 5.27. The first-order valence-electron chi connectivity index (χ1n) is 9.30. The molecule has 0 radical (unpaired) electrons. The smallest absolute Gasteiger partial charge is 0.275 e. The minimum Gasteiger partial charge on any atom is -0.311 e. The van der Waals surface area contributed by atoms with E-state index >= 15 is 0 Å². The maximum atomic E-state index is 13.2. The molecule has 142 valence electrons. The third kappa shape index (κ3) is 3.16. The Hall–Kier alpha value is -3.21. The number of hydrogen-bond acceptors (Lipinski definition) is 5. The van der Waals surface area contributed by atoms with Gasteiger partial charge in [-0.1, -0.05) is 24.3 Å². The topological polar surface area (TPSA) is 70.7 Å². The fourth-order valence-corrected chi connectivity index (χ4v) is 5.55. The zero-order valence-electron chi connectivity index (χ0n) is 15.4. The van der Waals surface area contributed by atoms with Crippen LogP contribution in [0, 0.1) is 11.3 Å². The highest BCUT2D eigenvalue weighted by Gasteiger charge is 2.25. The molecule has 0 fully saturated rings. The zero-order chi connectivity index (χ0) is 19.8. The van der Waals surface area contributed by atoms with Crippen LogP contribution in [0.3, 0.4) is 0 Å². The Balaban J connectivity index is 1.55. The molecule has 0 aliphatic heterocycles. The van der Waals surface area contributed by atoms with Gasteiger partial charge < -0.3 is 5.32 Å². The average molecular weight is 417 g/mol. The van der Waals surface area contributed by atoms with Crippen molar-refractivity contribution in [3.63, 3.8) is 0 Å². The number of aromatic nitrogens is 2. The molecule has 0 saturated heterocycles. The number of fused-ring (bicyclic) bond motifs is 1. The van der Waals surface area contributed by atoms with Crippen molar-refractivity contribution in [3.8, 4) is 22.3 Å². The lowest BCUT2D eigenvalue weighted by atomic mass is 10.1. The van der Waals surface area contributed by atoms with Gasteiger partial charge in [0.1, 0.15) is 22.5 Å². The van der Waals surface area contributed by atoms with Gasteiger partial charge >= 0.3 is 0 Å². The number of benzene rings is 1. The Morgan fingerprint density at radius 1 is 1.17 bits per heavy atom. The zero-order valence-corrected chi connectivity index (χ0v) is 17.0. The lowest BCUT2D eigenvalue weighted by Gasteiger charge is -2.08. The molecule has 5 nitrogen and oxygen atoms in total. The van der Waals surface area contributed by atoms with Gasteiger partial charge in [-0.3, -0.25) is 4.79 Å². The molecule has 1 aromatic carbocycles. The summed E-state index contributed by atoms with van der Waals surface area (Å²) in [6.45, 7) is 0. The van der Waals surface area contributed by atoms with Crippen molar-refractivity contribution in [3.05, 3.63) is 75.6 Å². The van der Waals surface area contributed by atoms with Crippen molar-refractivity contribution < 1.29 is 4.79 Å². The number of amides is 1. The lowest BCUT2D eigenvalue weighted by molar-refractivity contribution is 0.102. The molecule has 0 saturated carbocycles. The van der Waals surface area contributed by atoms with Crippen LogP contribution < -0.4 is 5.32 Å². The van der Waals surface area contributed by atoms with Crippen molar-refractivity contribution in [2.24, 2.45) is 0 Å². The summed E-state index contributed by atoms with van der Waals surface area (Å²) in [4.78, 5) is 15.4. The summed E-state index contributed by atoms with van der Waals surface area (Å²) in [5.74, 6) is -0.263. The summed E-state index contributed by atoms with van der Waals surface area (Å²) >= 11 is 3.10. The number of carbonyl (C=O) groups is 1. The first-order chi connectivity index (χ1) is 14.2. The first kappa shape index (κ1) is 17.9. The van der Waals surface area contributed by atoms with Gasteiger partial charge in [-0.15, -0.1) is 22.7 Å². The van der Waals surface area contributed by atoms with Gasteiger partial charge in [0.2, 0.25) is 0 Å². The van der Waals surface area contributed by atoms with E-state index in [1.165, 1.54) is 16.2 Å². The monoisotopic (exact) mass is 416 g/mol. The maximum absolute atomic E-state index is 13.2. The van der Waals surface area contributed by atoms with Gasteiger partial charge in [0.25, 0.3) is 5.91 Å². The van der Waals surface area contributed by atoms with E-state index in [9.17, 15) is 10.1 Å². The molecule has 0 unspecified atom stereocenters. The van der Waals surface area contributed by atoms with Crippen molar-refractivity contribution in [2.45, 2.75) is 19.3 Å². The summed E-state index contributed by atoms with van der Waals surface area (Å²) in [5, 5.41) is 19.9. The van der Waals surface area contributed by atoms with Crippen LogP contribution in [0.4, 0.5) is 5.00 Å². The van der Waals surface area contributed by atoms with Crippen LogP contribution in [-0.4, -0.2) is 15.7 Å². The summed E-state index contributed by atoms with van der Waals surface area (Å²) < 4.78 is 1.66. The minimum atomic E-state index is -0.263. The van der Waals surface area contributed by atoms with E-state index in [0.717, 1.165) is 41.1 Å². The summed E-state index contributed by atoms with van der Waals surface area (Å²) in [6, 6.07) is 17.6. The SMILES string of the molecule is N#Cc1c(NC(=O)c2cc(-c3cccs3)nn2-c2ccccc2)sc2c1CCC2. The Morgan fingerprint density at radius 3 is 2.79 bits per heavy atom. The molecule has 0 bridgehead atoms. The normalized spacial score (nSPS) is 12.5. The van der Waals surface area contributed by atoms with E-state index < -0.39 is 0 Å². The number of thiophene rings is 2. The number of para-hydroxylation sites is 1. The Morgan fingerprint density at radius 2 is 2.03 bits per heavy atom. The van der Waals surface area contributed by atoms with Crippen LogP contribution in [-0.2, 0) is 12.8 Å². The number of carbonyl (C=O) groups excluding carboxylic acids is 1. The maximum Gasteiger partial charge on any atom is 0.275 e. The second kappa shape index (κ2) is 7.32. The largest absolute Gasteiger partial charge is 0.311 e. The van der Waals surface area contributed by atoms with Gasteiger partial charge in [-0.05, 0) is 54.5 Å². The van der Waals surface area contributed by atoms with Crippen molar-refractivity contribution in [1.29, 1.82) is 5.26 Å². The van der Waals surface area contributed by atoms with Gasteiger partial charge in [0.05, 0.1) is 16.1 Å². The lowest BCUT2D eigenvalue weighted by Crippen LogP contribution is -2.17. The summed E-state index contributed by atoms with van der Waals surface area (Å²) in [6.07, 6.45) is 2.97. The quantitative estimate of drug-likeness (QED) is 0.492. The highest BCUT2D eigenvalue weighted by atomic mass is 32.1. The van der Waals surface area contributed by atoms with Crippen LogP contribution in [0.25, 0.3) is 16.3 Å². The molecule has 3 heterocycles. The highest BCUT2D eigenvalue weighted by Crippen LogP contribution is 2.39. The molecule has 3 aromatic heterocycles. The highest BCUT2D eigenvalue weighted by molar-refractivity contribution is 7.16.